The molecule has 0 radical (unpaired) electrons. The monoisotopic (exact) mass is 1610 g/mol. The highest BCUT2D eigenvalue weighted by molar-refractivity contribution is 5.98. The zero-order chi connectivity index (χ0) is 84.9. The number of ether oxygens (including phenoxy) is 10. The van der Waals surface area contributed by atoms with Crippen molar-refractivity contribution in [3.05, 3.63) is 131 Å². The van der Waals surface area contributed by atoms with Crippen LogP contribution in [-0.2, 0) is 110 Å². The number of hydrogen-bond acceptors (Lipinski definition) is 24. The molecule has 17 atom stereocenters. The molecule has 32 heteroatoms. The molecule has 0 saturated carbocycles. The molecule has 2 aliphatic heterocycles. The van der Waals surface area contributed by atoms with E-state index in [4.69, 9.17) is 53.1 Å². The van der Waals surface area contributed by atoms with Gasteiger partial charge in [0.15, 0.2) is 18.3 Å². The van der Waals surface area contributed by atoms with Crippen LogP contribution in [0.2, 0.25) is 0 Å². The second-order valence-corrected chi connectivity index (χ2v) is 29.8. The van der Waals surface area contributed by atoms with E-state index in [9.17, 15) is 62.6 Å². The molecule has 0 bridgehead atoms. The van der Waals surface area contributed by atoms with E-state index >= 15 is 0 Å². The summed E-state index contributed by atoms with van der Waals surface area (Å²) in [5, 5.41) is 25.2. The van der Waals surface area contributed by atoms with Gasteiger partial charge in [0.2, 0.25) is 47.8 Å². The zero-order valence-corrected chi connectivity index (χ0v) is 68.7. The Kier molecular flexibility index (Phi) is 37.2. The Morgan fingerprint density at radius 1 is 0.643 bits per heavy atom. The number of likely N-dealkylation sites (N-methyl/N-ethyl adjacent to an activating group) is 2. The molecule has 4 aromatic rings. The van der Waals surface area contributed by atoms with E-state index in [1.54, 1.807) is 107 Å². The Balaban J connectivity index is 1.02. The number of carbonyl (C=O) groups excluding carboxylic acids is 12. The molecule has 115 heavy (non-hydrogen) atoms. The topological polar surface area (TPSA) is 413 Å². The first kappa shape index (κ1) is 93.6. The minimum atomic E-state index is -1.67. The Morgan fingerprint density at radius 2 is 1.23 bits per heavy atom. The summed E-state index contributed by atoms with van der Waals surface area (Å²) >= 11 is 0. The fourth-order valence-corrected chi connectivity index (χ4v) is 14.2. The molecule has 4 aromatic carbocycles. The van der Waals surface area contributed by atoms with Crippen molar-refractivity contribution >= 4 is 77.2 Å². The van der Waals surface area contributed by atoms with Crippen LogP contribution >= 0.6 is 0 Å². The fourth-order valence-electron chi connectivity index (χ4n) is 14.2. The number of hydrogen-bond donors (Lipinski definition) is 7. The lowest BCUT2D eigenvalue weighted by molar-refractivity contribution is -0.282. The quantitative estimate of drug-likeness (QED) is 0.0137. The molecular formula is C83H117N9O23. The van der Waals surface area contributed by atoms with Gasteiger partial charge in [0, 0.05) is 67.9 Å². The van der Waals surface area contributed by atoms with Crippen LogP contribution in [-0.4, -0.2) is 225 Å². The number of methoxy groups -OCH3 is 3. The van der Waals surface area contributed by atoms with Gasteiger partial charge in [-0.25, -0.2) is 14.4 Å². The van der Waals surface area contributed by atoms with Gasteiger partial charge in [0.25, 0.3) is 0 Å². The maximum absolute atomic E-state index is 14.9. The molecule has 0 aromatic heterocycles. The molecule has 2 heterocycles. The Morgan fingerprint density at radius 3 is 1.81 bits per heavy atom. The van der Waals surface area contributed by atoms with Gasteiger partial charge in [-0.05, 0) is 110 Å². The number of alkyl carbamates (subject to hydrolysis) is 1. The van der Waals surface area contributed by atoms with Crippen molar-refractivity contribution in [1.82, 2.24) is 36.0 Å². The lowest BCUT2D eigenvalue weighted by Crippen LogP contribution is -2.64. The summed E-state index contributed by atoms with van der Waals surface area (Å²) in [6.45, 7) is 17.8. The number of unbranched alkanes of at least 4 members (excludes halogenated alkanes) is 1. The van der Waals surface area contributed by atoms with Crippen molar-refractivity contribution in [1.29, 1.82) is 0 Å². The molecule has 2 aliphatic rings. The first-order chi connectivity index (χ1) is 54.6. The maximum Gasteiger partial charge on any atom is 0.410 e. The van der Waals surface area contributed by atoms with Gasteiger partial charge in [0.05, 0.1) is 61.9 Å². The van der Waals surface area contributed by atoms with Crippen LogP contribution in [0.5, 0.6) is 5.75 Å². The molecule has 8 N–H and O–H groups in total. The normalized spacial score (nSPS) is 19.5. The summed E-state index contributed by atoms with van der Waals surface area (Å²) in [5.41, 5.74) is 9.20. The molecule has 8 amide bonds. The Hall–Kier alpha value is -10.3. The van der Waals surface area contributed by atoms with Crippen molar-refractivity contribution in [2.75, 3.05) is 53.8 Å². The average Bonchev–Trinajstić information content (AvgIpc) is 1.24. The van der Waals surface area contributed by atoms with E-state index in [0.29, 0.717) is 61.0 Å². The third-order valence-electron chi connectivity index (χ3n) is 20.5. The number of nitrogens with zero attached hydrogens (tertiary/aromatic N) is 3. The number of carbonyl (C=O) groups is 12. The van der Waals surface area contributed by atoms with E-state index in [0.717, 1.165) is 33.4 Å². The first-order valence-corrected chi connectivity index (χ1v) is 38.9. The van der Waals surface area contributed by atoms with E-state index in [2.05, 4.69) is 26.6 Å². The predicted molar refractivity (Wildman–Crippen MR) is 420 cm³/mol. The molecule has 2 fully saturated rings. The second-order valence-electron chi connectivity index (χ2n) is 29.8. The molecule has 0 unspecified atom stereocenters. The first-order valence-electron chi connectivity index (χ1n) is 38.9. The van der Waals surface area contributed by atoms with Crippen LogP contribution in [0.3, 0.4) is 0 Å². The number of benzene rings is 4. The third kappa shape index (κ3) is 27.5. The van der Waals surface area contributed by atoms with Gasteiger partial charge in [-0.3, -0.25) is 48.1 Å². The molecular weight excluding hydrogens is 1490 g/mol. The summed E-state index contributed by atoms with van der Waals surface area (Å²) in [6.07, 6.45) is -9.21. The van der Waals surface area contributed by atoms with Crippen molar-refractivity contribution in [2.45, 2.75) is 232 Å². The van der Waals surface area contributed by atoms with Crippen LogP contribution in [0.4, 0.5) is 15.3 Å². The average molecular weight is 1610 g/mol. The second kappa shape index (κ2) is 45.7. The number of nitrogens with two attached hydrogens (primary N) is 1. The molecule has 32 nitrogen and oxygen atoms in total. The van der Waals surface area contributed by atoms with Crippen LogP contribution in [0.25, 0.3) is 0 Å². The SMILES string of the molecule is CC[C@H](C)[C@@H]([C@@H](CC(=O)N1CCC[C@H]1[C@H](OC)[C@@H](C)C(=O)N[C@H](C)[C@@H](O)c1ccccc1)OC)N(C)C(=O)[C@@H](NC(=O)[C@H](C(C)C)N(C)C(=O)OCc1ccc(NC(=O)[C@H](CCCCNC(=O)OCc2ccc(O[C@@H]3O[C@H](C(=O)OC)[C@@H](OC(C)=O)[C@H](OC(C)=O)[C@H]3OC(C)=O)cc2)NC(=O)[C@@H](N)Cc2ccccc2)cc1)C(C)C. The number of esters is 4. The highest BCUT2D eigenvalue weighted by Gasteiger charge is 2.56. The van der Waals surface area contributed by atoms with Crippen molar-refractivity contribution < 1.29 is 110 Å². The summed E-state index contributed by atoms with van der Waals surface area (Å²) in [7, 11) is 7.13. The largest absolute Gasteiger partial charge is 0.467 e. The van der Waals surface area contributed by atoms with Crippen LogP contribution in [0.1, 0.15) is 149 Å². The van der Waals surface area contributed by atoms with E-state index in [1.165, 1.54) is 38.3 Å². The van der Waals surface area contributed by atoms with Crippen molar-refractivity contribution in [3.8, 4) is 5.75 Å². The van der Waals surface area contributed by atoms with Crippen LogP contribution < -0.4 is 37.1 Å². The minimum Gasteiger partial charge on any atom is -0.467 e. The number of likely N-dealkylation sites (tertiary alicyclic amines) is 1. The highest BCUT2D eigenvalue weighted by Crippen LogP contribution is 2.34. The smallest absolute Gasteiger partial charge is 0.410 e. The minimum absolute atomic E-state index is 0.103. The molecule has 2 saturated heterocycles. The standard InChI is InChI=1S/C83H117N9O23/c1-17-49(6)68(64(106-14)44-65(96)92-42-26-32-63(92)70(107-15)50(7)75(98)86-51(8)69(97)58-29-22-19-23-30-58)90(12)79(102)66(47(2)3)89-78(101)67(48(4)5)91(13)83(105)110-46-56-33-37-59(38-34-56)87-77(100)62(88-76(99)61(84)43-55-27-20-18-21-28-55)31-24-25-41-85-82(104)109-45-57-35-39-60(40-36-57)114-81-74(113-54(11)95)72(112-53(10)94)71(111-52(9)93)73(115-81)80(103)108-16/h18-23,27-30,33-40,47-51,61-64,66-74,81,97H,17,24-26,31-32,41-46,84H2,1-16H3,(H,85,104)(H,86,98)(H,87,100)(H,88,99)(H,89,101)/t49-,50+,51+,61-,62-,63-,64+,66-,67-,68-,69+,70+,71-,72-,73-,74+,81+/m0/s1. The summed E-state index contributed by atoms with van der Waals surface area (Å²) in [4.78, 5) is 166. The number of aliphatic hydroxyl groups excluding tert-OH is 1. The van der Waals surface area contributed by atoms with Crippen LogP contribution in [0.15, 0.2) is 109 Å². The lowest BCUT2D eigenvalue weighted by Gasteiger charge is -2.43. The maximum atomic E-state index is 14.9. The Bertz CT molecular complexity index is 3860. The van der Waals surface area contributed by atoms with E-state index < -0.39 is 169 Å². The summed E-state index contributed by atoms with van der Waals surface area (Å²) in [5.74, 6) is -7.99. The third-order valence-corrected chi connectivity index (χ3v) is 20.5. The molecule has 0 spiro atoms. The number of rotatable bonds is 41. The zero-order valence-electron chi connectivity index (χ0n) is 68.7. The van der Waals surface area contributed by atoms with Gasteiger partial charge in [-0.2, -0.15) is 0 Å². The molecule has 632 valence electrons. The number of aliphatic hydroxyl groups is 1. The number of anilines is 1. The van der Waals surface area contributed by atoms with Crippen LogP contribution in [0, 0.1) is 23.7 Å². The summed E-state index contributed by atoms with van der Waals surface area (Å²) in [6, 6.07) is 24.7. The number of nitrogens with one attached hydrogen (secondary N) is 5. The van der Waals surface area contributed by atoms with E-state index in [-0.39, 0.29) is 62.5 Å². The predicted octanol–water partition coefficient (Wildman–Crippen LogP) is 6.74. The summed E-state index contributed by atoms with van der Waals surface area (Å²) < 4.78 is 56.0. The Labute approximate surface area is 672 Å². The molecule has 6 rings (SSSR count). The van der Waals surface area contributed by atoms with Gasteiger partial charge in [-0.15, -0.1) is 0 Å². The van der Waals surface area contributed by atoms with Gasteiger partial charge < -0.3 is 94.6 Å². The van der Waals surface area contributed by atoms with Crippen molar-refractivity contribution in [3.63, 3.8) is 0 Å². The van der Waals surface area contributed by atoms with E-state index in [1.807, 2.05) is 62.4 Å². The number of amides is 8. The van der Waals surface area contributed by atoms with Gasteiger partial charge in [0.1, 0.15) is 37.1 Å². The van der Waals surface area contributed by atoms with Crippen molar-refractivity contribution in [2.24, 2.45) is 29.4 Å². The van der Waals surface area contributed by atoms with Gasteiger partial charge in [-0.1, -0.05) is 140 Å². The van der Waals surface area contributed by atoms with Gasteiger partial charge >= 0.3 is 36.1 Å². The fraction of sp³-hybridized carbons (Fsp3) is 0.566. The highest BCUT2D eigenvalue weighted by atomic mass is 16.7. The molecule has 0 aliphatic carbocycles. The lowest BCUT2D eigenvalue weighted by atomic mass is 9.89.